The van der Waals surface area contributed by atoms with E-state index < -0.39 is 5.82 Å². The monoisotopic (exact) mass is 480 g/mol. The van der Waals surface area contributed by atoms with Gasteiger partial charge in [0.15, 0.2) is 5.82 Å². The van der Waals surface area contributed by atoms with Gasteiger partial charge in [0, 0.05) is 61.5 Å². The number of hydrogen-bond acceptors (Lipinski definition) is 6. The number of nitrogens with one attached hydrogen (secondary N) is 1. The van der Waals surface area contributed by atoms with E-state index in [1.165, 1.54) is 11.6 Å². The van der Waals surface area contributed by atoms with Crippen molar-refractivity contribution in [3.05, 3.63) is 95.8 Å². The molecular weight excluding hydrogens is 455 g/mol. The lowest BCUT2D eigenvalue weighted by Gasteiger charge is -2.40. The summed E-state index contributed by atoms with van der Waals surface area (Å²) in [6.45, 7) is 2.87. The zero-order chi connectivity index (χ0) is 22.6. The van der Waals surface area contributed by atoms with Crippen LogP contribution in [0.25, 0.3) is 11.3 Å². The van der Waals surface area contributed by atoms with Crippen LogP contribution in [0.5, 0.6) is 0 Å². The molecule has 1 saturated heterocycles. The molecule has 0 aliphatic carbocycles. The Balaban J connectivity index is 0.00000274. The topological polar surface area (TPSA) is 81.2 Å². The molecular formula is C25H26ClFN6O. The van der Waals surface area contributed by atoms with Crippen molar-refractivity contribution in [3.63, 3.8) is 0 Å². The average molecular weight is 481 g/mol. The molecule has 2 aromatic heterocycles. The molecule has 1 atom stereocenters. The van der Waals surface area contributed by atoms with Crippen LogP contribution >= 0.6 is 12.4 Å². The molecule has 0 amide bonds. The third-order valence-corrected chi connectivity index (χ3v) is 6.11. The van der Waals surface area contributed by atoms with Gasteiger partial charge in [0.05, 0.1) is 18.8 Å². The molecule has 1 aliphatic heterocycles. The molecule has 0 saturated carbocycles. The standard InChI is InChI=1S/C25H25FN6O.ClH/c26-22-14-19(6-7-20(22)17-33)23-25(28-9-8-27-23)32-12-10-31(11-13-32)24(21-15-29-30-16-21)18-4-2-1-3-5-18;/h1-9,14-16,24,33H,10-13,17H2,(H,29,30);1H. The number of rotatable bonds is 6. The fraction of sp³-hybridized carbons (Fsp3) is 0.240. The molecule has 1 unspecified atom stereocenters. The van der Waals surface area contributed by atoms with Crippen molar-refractivity contribution in [1.82, 2.24) is 25.1 Å². The summed E-state index contributed by atoms with van der Waals surface area (Å²) in [6, 6.07) is 15.4. The first-order valence-corrected chi connectivity index (χ1v) is 11.0. The smallest absolute Gasteiger partial charge is 0.155 e. The third-order valence-electron chi connectivity index (χ3n) is 6.11. The molecule has 1 aliphatic rings. The highest BCUT2D eigenvalue weighted by atomic mass is 35.5. The second kappa shape index (κ2) is 10.7. The molecule has 4 aromatic rings. The lowest BCUT2D eigenvalue weighted by atomic mass is 9.99. The Kier molecular flexibility index (Phi) is 7.52. The normalized spacial score (nSPS) is 15.1. The van der Waals surface area contributed by atoms with Crippen molar-refractivity contribution in [1.29, 1.82) is 0 Å². The molecule has 0 radical (unpaired) electrons. The lowest BCUT2D eigenvalue weighted by Crippen LogP contribution is -2.48. The first-order valence-electron chi connectivity index (χ1n) is 11.0. The number of aliphatic hydroxyl groups excluding tert-OH is 1. The van der Waals surface area contributed by atoms with Crippen molar-refractivity contribution in [2.75, 3.05) is 31.1 Å². The van der Waals surface area contributed by atoms with E-state index in [4.69, 9.17) is 0 Å². The summed E-state index contributed by atoms with van der Waals surface area (Å²) in [7, 11) is 0. The molecule has 34 heavy (non-hydrogen) atoms. The van der Waals surface area contributed by atoms with Gasteiger partial charge in [-0.3, -0.25) is 15.0 Å². The number of benzene rings is 2. The van der Waals surface area contributed by atoms with E-state index in [1.54, 1.807) is 24.5 Å². The molecule has 9 heteroatoms. The van der Waals surface area contributed by atoms with Gasteiger partial charge in [-0.2, -0.15) is 5.10 Å². The zero-order valence-corrected chi connectivity index (χ0v) is 19.3. The van der Waals surface area contributed by atoms with Gasteiger partial charge in [0.2, 0.25) is 0 Å². The quantitative estimate of drug-likeness (QED) is 0.436. The molecule has 2 N–H and O–H groups in total. The fourth-order valence-electron chi connectivity index (χ4n) is 4.44. The van der Waals surface area contributed by atoms with Crippen molar-refractivity contribution in [3.8, 4) is 11.3 Å². The molecule has 2 aromatic carbocycles. The minimum atomic E-state index is -0.442. The number of halogens is 2. The fourth-order valence-corrected chi connectivity index (χ4v) is 4.44. The third kappa shape index (κ3) is 4.79. The van der Waals surface area contributed by atoms with Crippen LogP contribution < -0.4 is 4.90 Å². The van der Waals surface area contributed by atoms with Crippen LogP contribution in [0.1, 0.15) is 22.7 Å². The Morgan fingerprint density at radius 3 is 2.41 bits per heavy atom. The van der Waals surface area contributed by atoms with Gasteiger partial charge in [-0.15, -0.1) is 12.4 Å². The van der Waals surface area contributed by atoms with Crippen LogP contribution in [0.3, 0.4) is 0 Å². The van der Waals surface area contributed by atoms with Crippen LogP contribution in [-0.2, 0) is 6.61 Å². The van der Waals surface area contributed by atoms with Crippen LogP contribution in [0, 0.1) is 5.82 Å². The van der Waals surface area contributed by atoms with Crippen molar-refractivity contribution < 1.29 is 9.50 Å². The summed E-state index contributed by atoms with van der Waals surface area (Å²) in [5, 5.41) is 16.4. The molecule has 1 fully saturated rings. The maximum atomic E-state index is 14.3. The minimum absolute atomic E-state index is 0. The number of hydrogen-bond donors (Lipinski definition) is 2. The van der Waals surface area contributed by atoms with Gasteiger partial charge in [0.25, 0.3) is 0 Å². The maximum absolute atomic E-state index is 14.3. The highest BCUT2D eigenvalue weighted by Crippen LogP contribution is 2.32. The summed E-state index contributed by atoms with van der Waals surface area (Å²) in [5.41, 5.74) is 3.92. The summed E-state index contributed by atoms with van der Waals surface area (Å²) in [6.07, 6.45) is 7.13. The molecule has 0 spiro atoms. The summed E-state index contributed by atoms with van der Waals surface area (Å²) in [4.78, 5) is 13.7. The number of aromatic nitrogens is 4. The van der Waals surface area contributed by atoms with E-state index in [2.05, 4.69) is 54.2 Å². The highest BCUT2D eigenvalue weighted by molar-refractivity contribution is 5.85. The molecule has 176 valence electrons. The Hall–Kier alpha value is -3.33. The predicted molar refractivity (Wildman–Crippen MR) is 131 cm³/mol. The number of anilines is 1. The SMILES string of the molecule is Cl.OCc1ccc(-c2nccnc2N2CCN(C(c3ccccc3)c3cn[nH]c3)CC2)cc1F. The van der Waals surface area contributed by atoms with Gasteiger partial charge in [-0.05, 0) is 11.6 Å². The second-order valence-electron chi connectivity index (χ2n) is 8.06. The van der Waals surface area contributed by atoms with Crippen molar-refractivity contribution in [2.24, 2.45) is 0 Å². The van der Waals surface area contributed by atoms with Gasteiger partial charge in [-0.25, -0.2) is 9.37 Å². The highest BCUT2D eigenvalue weighted by Gasteiger charge is 2.28. The number of aromatic amines is 1. The first kappa shape index (κ1) is 23.8. The van der Waals surface area contributed by atoms with E-state index >= 15 is 0 Å². The van der Waals surface area contributed by atoms with Crippen molar-refractivity contribution >= 4 is 18.2 Å². The largest absolute Gasteiger partial charge is 0.392 e. The van der Waals surface area contributed by atoms with E-state index in [0.29, 0.717) is 11.3 Å². The van der Waals surface area contributed by atoms with Crippen LogP contribution in [-0.4, -0.2) is 56.4 Å². The molecule has 7 nitrogen and oxygen atoms in total. The van der Waals surface area contributed by atoms with E-state index in [0.717, 1.165) is 37.6 Å². The van der Waals surface area contributed by atoms with Crippen molar-refractivity contribution in [2.45, 2.75) is 12.6 Å². The van der Waals surface area contributed by atoms with E-state index in [-0.39, 0.29) is 30.6 Å². The Morgan fingerprint density at radius 2 is 1.74 bits per heavy atom. The first-order chi connectivity index (χ1) is 16.2. The van der Waals surface area contributed by atoms with Gasteiger partial charge < -0.3 is 10.0 Å². The van der Waals surface area contributed by atoms with E-state index in [9.17, 15) is 9.50 Å². The summed E-state index contributed by atoms with van der Waals surface area (Å²) in [5.74, 6) is 0.301. The number of H-pyrrole nitrogens is 1. The van der Waals surface area contributed by atoms with Gasteiger partial charge in [-0.1, -0.05) is 42.5 Å². The Bertz CT molecular complexity index is 1200. The predicted octanol–water partition coefficient (Wildman–Crippen LogP) is 3.83. The Morgan fingerprint density at radius 1 is 0.971 bits per heavy atom. The van der Waals surface area contributed by atoms with Crippen LogP contribution in [0.4, 0.5) is 10.2 Å². The van der Waals surface area contributed by atoms with Gasteiger partial charge >= 0.3 is 0 Å². The van der Waals surface area contributed by atoms with E-state index in [1.807, 2.05) is 18.5 Å². The number of nitrogens with zero attached hydrogens (tertiary/aromatic N) is 5. The lowest BCUT2D eigenvalue weighted by molar-refractivity contribution is 0.212. The number of aliphatic hydroxyl groups is 1. The average Bonchev–Trinajstić information content (AvgIpc) is 3.40. The summed E-state index contributed by atoms with van der Waals surface area (Å²) >= 11 is 0. The zero-order valence-electron chi connectivity index (χ0n) is 18.5. The second-order valence-corrected chi connectivity index (χ2v) is 8.06. The van der Waals surface area contributed by atoms with Gasteiger partial charge in [0.1, 0.15) is 11.5 Å². The van der Waals surface area contributed by atoms with Crippen LogP contribution in [0.15, 0.2) is 73.3 Å². The Labute approximate surface area is 203 Å². The molecule has 5 rings (SSSR count). The summed E-state index contributed by atoms with van der Waals surface area (Å²) < 4.78 is 14.3. The maximum Gasteiger partial charge on any atom is 0.155 e. The van der Waals surface area contributed by atoms with Crippen LogP contribution in [0.2, 0.25) is 0 Å². The molecule has 0 bridgehead atoms. The number of piperazine rings is 1. The minimum Gasteiger partial charge on any atom is -0.392 e. The molecule has 3 heterocycles.